The van der Waals surface area contributed by atoms with Crippen molar-refractivity contribution in [1.82, 2.24) is 0 Å². The molecule has 0 radical (unpaired) electrons. The van der Waals surface area contributed by atoms with Crippen molar-refractivity contribution < 1.29 is 9.53 Å². The third-order valence-corrected chi connectivity index (χ3v) is 9.74. The van der Waals surface area contributed by atoms with Crippen molar-refractivity contribution in [2.75, 3.05) is 19.1 Å². The van der Waals surface area contributed by atoms with Gasteiger partial charge in [-0.25, -0.2) is 0 Å². The van der Waals surface area contributed by atoms with Crippen LogP contribution in [-0.2, 0) is 5.41 Å². The van der Waals surface area contributed by atoms with Gasteiger partial charge in [0.25, 0.3) is 0 Å². The van der Waals surface area contributed by atoms with Gasteiger partial charge in [0.15, 0.2) is 5.78 Å². The first-order chi connectivity index (χ1) is 20.9. The topological polar surface area (TPSA) is 29.5 Å². The number of hydrogen-bond donors (Lipinski definition) is 0. The highest BCUT2D eigenvalue weighted by molar-refractivity contribution is 6.11. The molecule has 1 aliphatic heterocycles. The van der Waals surface area contributed by atoms with Crippen molar-refractivity contribution in [3.8, 4) is 5.75 Å². The van der Waals surface area contributed by atoms with E-state index in [0.717, 1.165) is 33.7 Å². The highest BCUT2D eigenvalue weighted by Crippen LogP contribution is 2.61. The summed E-state index contributed by atoms with van der Waals surface area (Å²) in [4.78, 5) is 17.4. The normalized spacial score (nSPS) is 20.5. The fourth-order valence-corrected chi connectivity index (χ4v) is 7.64. The number of carbonyl (C=O) groups is 1. The lowest BCUT2D eigenvalue weighted by Crippen LogP contribution is -2.61. The van der Waals surface area contributed by atoms with Crippen LogP contribution in [0.2, 0.25) is 0 Å². The Morgan fingerprint density at radius 2 is 1.40 bits per heavy atom. The average Bonchev–Trinajstić information content (AvgIpc) is 3.23. The molecule has 0 fully saturated rings. The lowest BCUT2D eigenvalue weighted by molar-refractivity contribution is 0.0886. The Bertz CT molecular complexity index is 1900. The molecule has 0 unspecified atom stereocenters. The highest BCUT2D eigenvalue weighted by Gasteiger charge is 2.62. The van der Waals surface area contributed by atoms with Crippen LogP contribution in [0.15, 0.2) is 133 Å². The number of carbonyl (C=O) groups excluding carboxylic acids is 1. The van der Waals surface area contributed by atoms with Crippen molar-refractivity contribution in [1.29, 1.82) is 0 Å². The van der Waals surface area contributed by atoms with Crippen molar-refractivity contribution in [2.24, 2.45) is 5.92 Å². The molecule has 1 heterocycles. The molecule has 1 aliphatic carbocycles. The maximum absolute atomic E-state index is 15.0. The summed E-state index contributed by atoms with van der Waals surface area (Å²) in [5.74, 6) is 0.418. The van der Waals surface area contributed by atoms with E-state index in [4.69, 9.17) is 4.74 Å². The molecule has 212 valence electrons. The molecule has 43 heavy (non-hydrogen) atoms. The Balaban J connectivity index is 1.56. The second kappa shape index (κ2) is 10.1. The molecule has 0 amide bonds. The second-order valence-corrected chi connectivity index (χ2v) is 12.1. The minimum absolute atomic E-state index is 0.114. The number of anilines is 1. The zero-order chi connectivity index (χ0) is 29.8. The summed E-state index contributed by atoms with van der Waals surface area (Å²) in [5.41, 5.74) is 6.27. The van der Waals surface area contributed by atoms with E-state index < -0.39 is 16.9 Å². The number of hydrogen-bond acceptors (Lipinski definition) is 3. The smallest absolute Gasteiger partial charge is 0.173 e. The van der Waals surface area contributed by atoms with Gasteiger partial charge in [-0.15, -0.1) is 0 Å². The lowest BCUT2D eigenvalue weighted by atomic mass is 9.57. The second-order valence-electron chi connectivity index (χ2n) is 12.1. The van der Waals surface area contributed by atoms with Gasteiger partial charge in [0.05, 0.1) is 18.6 Å². The summed E-state index contributed by atoms with van der Waals surface area (Å²) in [6, 6.07) is 41.5. The summed E-state index contributed by atoms with van der Waals surface area (Å²) in [6.07, 6.45) is 4.62. The van der Waals surface area contributed by atoms with E-state index in [9.17, 15) is 0 Å². The fourth-order valence-electron chi connectivity index (χ4n) is 7.64. The van der Waals surface area contributed by atoms with Crippen LogP contribution in [0.4, 0.5) is 5.69 Å². The number of rotatable bonds is 5. The van der Waals surface area contributed by atoms with Crippen LogP contribution < -0.4 is 9.64 Å². The SMILES string of the molecule is COc1ccc(C2=CC(c3ccccc3)=C[C@]3([C@H]2C(=O)c2ccccc2)N(C)c2ccc4ccccc4c2C3(C)C)cc1. The van der Waals surface area contributed by atoms with Crippen LogP contribution in [0.25, 0.3) is 21.9 Å². The van der Waals surface area contributed by atoms with E-state index in [0.29, 0.717) is 5.56 Å². The largest absolute Gasteiger partial charge is 0.497 e. The Morgan fingerprint density at radius 3 is 2.09 bits per heavy atom. The minimum Gasteiger partial charge on any atom is -0.497 e. The van der Waals surface area contributed by atoms with E-state index in [1.165, 1.54) is 16.3 Å². The molecule has 2 aliphatic rings. The zero-order valence-corrected chi connectivity index (χ0v) is 25.0. The molecular formula is C40H35NO2. The molecule has 0 aromatic heterocycles. The van der Waals surface area contributed by atoms with Gasteiger partial charge in [0, 0.05) is 23.7 Å². The number of Topliss-reactive ketones (excluding diaryl/α,β-unsaturated/α-hetero) is 1. The molecular weight excluding hydrogens is 526 g/mol. The van der Waals surface area contributed by atoms with Gasteiger partial charge in [-0.2, -0.15) is 0 Å². The molecule has 2 atom stereocenters. The quantitative estimate of drug-likeness (QED) is 0.201. The third-order valence-electron chi connectivity index (χ3n) is 9.74. The minimum atomic E-state index is -0.707. The van der Waals surface area contributed by atoms with Crippen LogP contribution in [-0.4, -0.2) is 25.5 Å². The Labute approximate surface area is 253 Å². The maximum Gasteiger partial charge on any atom is 0.173 e. The summed E-state index contributed by atoms with van der Waals surface area (Å²) in [6.45, 7) is 4.65. The molecule has 5 aromatic rings. The first-order valence-corrected chi connectivity index (χ1v) is 14.9. The number of allylic oxidation sites excluding steroid dienone is 2. The molecule has 1 spiro atoms. The number of ketones is 1. The van der Waals surface area contributed by atoms with E-state index in [2.05, 4.69) is 111 Å². The van der Waals surface area contributed by atoms with Crippen molar-refractivity contribution in [2.45, 2.75) is 24.8 Å². The molecule has 0 bridgehead atoms. The van der Waals surface area contributed by atoms with E-state index in [1.54, 1.807) is 7.11 Å². The number of nitrogens with zero attached hydrogens (tertiary/aromatic N) is 1. The molecule has 3 heteroatoms. The van der Waals surface area contributed by atoms with Crippen LogP contribution in [0, 0.1) is 5.92 Å². The predicted molar refractivity (Wildman–Crippen MR) is 178 cm³/mol. The molecule has 3 nitrogen and oxygen atoms in total. The lowest BCUT2D eigenvalue weighted by Gasteiger charge is -2.52. The number of fused-ring (bicyclic) bond motifs is 3. The molecule has 0 N–H and O–H groups in total. The van der Waals surface area contributed by atoms with Crippen molar-refractivity contribution in [3.63, 3.8) is 0 Å². The Kier molecular flexibility index (Phi) is 6.36. The van der Waals surface area contributed by atoms with Crippen molar-refractivity contribution in [3.05, 3.63) is 156 Å². The summed E-state index contributed by atoms with van der Waals surface area (Å²) in [5, 5.41) is 2.44. The number of methoxy groups -OCH3 is 1. The number of ether oxygens (including phenoxy) is 1. The van der Waals surface area contributed by atoms with E-state index >= 15 is 4.79 Å². The van der Waals surface area contributed by atoms with Gasteiger partial charge >= 0.3 is 0 Å². The molecule has 0 saturated heterocycles. The molecule has 7 rings (SSSR count). The summed E-state index contributed by atoms with van der Waals surface area (Å²) >= 11 is 0. The molecule has 5 aromatic carbocycles. The summed E-state index contributed by atoms with van der Waals surface area (Å²) < 4.78 is 5.51. The Hall–Kier alpha value is -4.89. The van der Waals surface area contributed by atoms with Gasteiger partial charge in [-0.3, -0.25) is 4.79 Å². The van der Waals surface area contributed by atoms with Gasteiger partial charge in [-0.05, 0) is 69.0 Å². The monoisotopic (exact) mass is 561 g/mol. The Morgan fingerprint density at radius 1 is 0.744 bits per heavy atom. The summed E-state index contributed by atoms with van der Waals surface area (Å²) in [7, 11) is 3.85. The van der Waals surface area contributed by atoms with Gasteiger partial charge < -0.3 is 9.64 Å². The third kappa shape index (κ3) is 3.99. The van der Waals surface area contributed by atoms with Crippen LogP contribution in [0.3, 0.4) is 0 Å². The first-order valence-electron chi connectivity index (χ1n) is 14.9. The zero-order valence-electron chi connectivity index (χ0n) is 25.0. The molecule has 0 saturated carbocycles. The maximum atomic E-state index is 15.0. The van der Waals surface area contributed by atoms with E-state index in [1.807, 2.05) is 48.5 Å². The first kappa shape index (κ1) is 27.0. The van der Waals surface area contributed by atoms with Crippen LogP contribution >= 0.6 is 0 Å². The van der Waals surface area contributed by atoms with Gasteiger partial charge in [-0.1, -0.05) is 117 Å². The predicted octanol–water partition coefficient (Wildman–Crippen LogP) is 8.99. The van der Waals surface area contributed by atoms with E-state index in [-0.39, 0.29) is 5.78 Å². The van der Waals surface area contributed by atoms with Crippen LogP contribution in [0.5, 0.6) is 5.75 Å². The number of likely N-dealkylation sites (N-methyl/N-ethyl adjacent to an activating group) is 1. The van der Waals surface area contributed by atoms with Crippen LogP contribution in [0.1, 0.15) is 40.9 Å². The number of benzene rings is 5. The standard InChI is InChI=1S/C40H35NO2/c1-39(2)36-33-18-12-11-15-28(33)21-24-35(36)41(3)40(39)26-31(27-13-7-5-8-14-27)25-34(29-19-22-32(43-4)23-20-29)37(40)38(42)30-16-9-6-10-17-30/h5-26,37H,1-4H3/t37-,40-/m1/s1. The highest BCUT2D eigenvalue weighted by atomic mass is 16.5. The fraction of sp³-hybridized carbons (Fsp3) is 0.175. The van der Waals surface area contributed by atoms with Gasteiger partial charge in [0.1, 0.15) is 5.75 Å². The van der Waals surface area contributed by atoms with Gasteiger partial charge in [0.2, 0.25) is 0 Å². The average molecular weight is 562 g/mol. The van der Waals surface area contributed by atoms with Crippen molar-refractivity contribution >= 4 is 33.4 Å².